The largest absolute Gasteiger partial charge is 0.417 e. The molecule has 0 aliphatic carbocycles. The van der Waals surface area contributed by atoms with Crippen molar-refractivity contribution in [3.63, 3.8) is 0 Å². The van der Waals surface area contributed by atoms with E-state index >= 15 is 4.39 Å². The zero-order valence-electron chi connectivity index (χ0n) is 17.4. The summed E-state index contributed by atoms with van der Waals surface area (Å²) < 4.78 is 56.0. The Balaban J connectivity index is 1.85. The molecule has 3 nitrogen and oxygen atoms in total. The highest BCUT2D eigenvalue weighted by Crippen LogP contribution is 2.40. The van der Waals surface area contributed by atoms with Crippen molar-refractivity contribution in [1.29, 1.82) is 0 Å². The highest BCUT2D eigenvalue weighted by molar-refractivity contribution is 6.48. The van der Waals surface area contributed by atoms with E-state index in [-0.39, 0.29) is 51.1 Å². The van der Waals surface area contributed by atoms with Crippen LogP contribution in [0.5, 0.6) is 0 Å². The molecule has 10 heteroatoms. The van der Waals surface area contributed by atoms with Gasteiger partial charge in [-0.1, -0.05) is 72.9 Å². The summed E-state index contributed by atoms with van der Waals surface area (Å²) in [4.78, 5) is 25.9. The average molecular weight is 523 g/mol. The van der Waals surface area contributed by atoms with Crippen LogP contribution < -0.4 is 0 Å². The Morgan fingerprint density at radius 3 is 1.97 bits per heavy atom. The van der Waals surface area contributed by atoms with Crippen molar-refractivity contribution in [2.45, 2.75) is 25.7 Å². The maximum absolute atomic E-state index is 15.1. The van der Waals surface area contributed by atoms with Crippen LogP contribution in [0, 0.1) is 5.92 Å². The van der Waals surface area contributed by atoms with Gasteiger partial charge in [0.25, 0.3) is 0 Å². The molecule has 1 fully saturated rings. The first-order valence-corrected chi connectivity index (χ1v) is 10.9. The summed E-state index contributed by atoms with van der Waals surface area (Å²) in [7, 11) is 0. The minimum atomic E-state index is -4.88. The van der Waals surface area contributed by atoms with Crippen molar-refractivity contribution in [2.24, 2.45) is 5.92 Å². The van der Waals surface area contributed by atoms with Crippen LogP contribution in [0.25, 0.3) is 5.57 Å². The Kier molecular flexibility index (Phi) is 7.18. The van der Waals surface area contributed by atoms with Crippen molar-refractivity contribution in [3.8, 4) is 0 Å². The summed E-state index contributed by atoms with van der Waals surface area (Å²) in [5.74, 6) is -1.36. The molecule has 0 N–H and O–H groups in total. The van der Waals surface area contributed by atoms with E-state index < -0.39 is 28.8 Å². The molecule has 1 saturated heterocycles. The van der Waals surface area contributed by atoms with Gasteiger partial charge in [0.05, 0.1) is 33.7 Å². The number of nitrogens with zero attached hydrogens (tertiary/aromatic N) is 1. The minimum Gasteiger partial charge on any atom is -0.335 e. The van der Waals surface area contributed by atoms with Crippen LogP contribution in [0.15, 0.2) is 42.5 Å². The van der Waals surface area contributed by atoms with Gasteiger partial charge < -0.3 is 4.90 Å². The van der Waals surface area contributed by atoms with E-state index in [0.29, 0.717) is 6.08 Å². The Morgan fingerprint density at radius 1 is 1.00 bits per heavy atom. The van der Waals surface area contributed by atoms with Gasteiger partial charge in [-0.25, -0.2) is 4.39 Å². The highest BCUT2D eigenvalue weighted by atomic mass is 35.5. The van der Waals surface area contributed by atoms with Gasteiger partial charge in [-0.05, 0) is 29.3 Å². The molecule has 1 aliphatic rings. The maximum Gasteiger partial charge on any atom is 0.417 e. The fourth-order valence-electron chi connectivity index (χ4n) is 3.45. The standard InChI is InChI=1S/C23H18Cl3F4NO2/c1-12(2)21(33)31-10-22(27,11-31)15-5-3-13(4-6-15)19(32)9-16(23(28,29)30)14-7-17(24)20(26)18(25)8-14/h3-9,12H,10-11H2,1-2H3. The van der Waals surface area contributed by atoms with Crippen LogP contribution in [-0.4, -0.2) is 35.9 Å². The van der Waals surface area contributed by atoms with Crippen molar-refractivity contribution in [3.05, 3.63) is 74.2 Å². The summed E-state index contributed by atoms with van der Waals surface area (Å²) in [5.41, 5.74) is -3.26. The van der Waals surface area contributed by atoms with E-state index in [1.54, 1.807) is 13.8 Å². The first-order valence-electron chi connectivity index (χ1n) is 9.79. The van der Waals surface area contributed by atoms with Gasteiger partial charge in [-0.3, -0.25) is 9.59 Å². The molecule has 3 rings (SSSR count). The highest BCUT2D eigenvalue weighted by Gasteiger charge is 2.47. The number of benzene rings is 2. The summed E-state index contributed by atoms with van der Waals surface area (Å²) >= 11 is 17.5. The molecule has 0 bridgehead atoms. The fraction of sp³-hybridized carbons (Fsp3) is 0.304. The lowest BCUT2D eigenvalue weighted by Gasteiger charge is -2.45. The molecular formula is C23H18Cl3F4NO2. The number of hydrogen-bond donors (Lipinski definition) is 0. The molecule has 2 aromatic rings. The normalized spacial score (nSPS) is 16.1. The van der Waals surface area contributed by atoms with E-state index in [4.69, 9.17) is 34.8 Å². The molecule has 0 saturated carbocycles. The maximum atomic E-state index is 15.1. The van der Waals surface area contributed by atoms with E-state index in [2.05, 4.69) is 0 Å². The van der Waals surface area contributed by atoms with Crippen LogP contribution >= 0.6 is 34.8 Å². The summed E-state index contributed by atoms with van der Waals surface area (Å²) in [6, 6.07) is 7.11. The fourth-order valence-corrected chi connectivity index (χ4v) is 4.05. The molecule has 1 heterocycles. The average Bonchev–Trinajstić information content (AvgIpc) is 2.71. The molecular weight excluding hydrogens is 505 g/mol. The third-order valence-electron chi connectivity index (χ3n) is 5.25. The molecule has 0 spiro atoms. The molecule has 1 aliphatic heterocycles. The van der Waals surface area contributed by atoms with Crippen molar-refractivity contribution >= 4 is 52.1 Å². The summed E-state index contributed by atoms with van der Waals surface area (Å²) in [5, 5.41) is -0.481. The Bertz CT molecular complexity index is 1100. The predicted molar refractivity (Wildman–Crippen MR) is 120 cm³/mol. The quantitative estimate of drug-likeness (QED) is 0.181. The zero-order valence-corrected chi connectivity index (χ0v) is 19.7. The van der Waals surface area contributed by atoms with E-state index in [0.717, 1.165) is 12.1 Å². The number of rotatable bonds is 5. The Morgan fingerprint density at radius 2 is 1.52 bits per heavy atom. The number of carbonyl (C=O) groups excluding carboxylic acids is 2. The van der Waals surface area contributed by atoms with Crippen molar-refractivity contribution in [2.75, 3.05) is 13.1 Å². The van der Waals surface area contributed by atoms with Gasteiger partial charge in [-0.2, -0.15) is 13.2 Å². The minimum absolute atomic E-state index is 0.0651. The van der Waals surface area contributed by atoms with Crippen molar-refractivity contribution < 1.29 is 27.2 Å². The molecule has 1 amide bonds. The molecule has 0 aromatic heterocycles. The SMILES string of the molecule is CC(C)C(=O)N1CC(F)(c2ccc(C(=O)C=C(c3cc(Cl)c(Cl)c(Cl)c3)C(F)(F)F)cc2)C1. The second-order valence-electron chi connectivity index (χ2n) is 8.07. The van der Waals surface area contributed by atoms with Crippen LogP contribution in [0.1, 0.15) is 35.3 Å². The van der Waals surface area contributed by atoms with Gasteiger partial charge in [-0.15, -0.1) is 0 Å². The van der Waals surface area contributed by atoms with Crippen LogP contribution in [0.4, 0.5) is 17.6 Å². The smallest absolute Gasteiger partial charge is 0.335 e. The third-order valence-corrected chi connectivity index (χ3v) is 6.45. The van der Waals surface area contributed by atoms with Gasteiger partial charge >= 0.3 is 6.18 Å². The third kappa shape index (κ3) is 5.36. The van der Waals surface area contributed by atoms with Gasteiger partial charge in [0, 0.05) is 11.5 Å². The number of allylic oxidation sites excluding steroid dienone is 2. The molecule has 176 valence electrons. The Hall–Kier alpha value is -2.09. The van der Waals surface area contributed by atoms with Crippen LogP contribution in [0.3, 0.4) is 0 Å². The molecule has 0 atom stereocenters. The molecule has 0 radical (unpaired) electrons. The van der Waals surface area contributed by atoms with Gasteiger partial charge in [0.2, 0.25) is 5.91 Å². The van der Waals surface area contributed by atoms with Gasteiger partial charge in [0.15, 0.2) is 11.5 Å². The van der Waals surface area contributed by atoms with E-state index in [1.165, 1.54) is 29.2 Å². The number of hydrogen-bond acceptors (Lipinski definition) is 2. The molecule has 2 aromatic carbocycles. The number of ketones is 1. The second-order valence-corrected chi connectivity index (χ2v) is 9.26. The monoisotopic (exact) mass is 521 g/mol. The number of alkyl halides is 4. The molecule has 0 unspecified atom stereocenters. The lowest BCUT2D eigenvalue weighted by atomic mass is 9.86. The summed E-state index contributed by atoms with van der Waals surface area (Å²) in [6.45, 7) is 3.20. The number of halogens is 7. The Labute approximate surface area is 202 Å². The first-order chi connectivity index (χ1) is 15.2. The zero-order chi connectivity index (χ0) is 24.7. The number of likely N-dealkylation sites (tertiary alicyclic amines) is 1. The predicted octanol–water partition coefficient (Wildman–Crippen LogP) is 7.14. The number of amides is 1. The topological polar surface area (TPSA) is 37.4 Å². The van der Waals surface area contributed by atoms with Crippen LogP contribution in [0.2, 0.25) is 15.1 Å². The first kappa shape index (κ1) is 25.5. The van der Waals surface area contributed by atoms with E-state index in [9.17, 15) is 22.8 Å². The lowest BCUT2D eigenvalue weighted by Crippen LogP contribution is -2.59. The van der Waals surface area contributed by atoms with Crippen molar-refractivity contribution in [1.82, 2.24) is 4.90 Å². The van der Waals surface area contributed by atoms with E-state index in [1.807, 2.05) is 0 Å². The van der Waals surface area contributed by atoms with Crippen LogP contribution in [-0.2, 0) is 10.5 Å². The molecule has 33 heavy (non-hydrogen) atoms. The second kappa shape index (κ2) is 9.28. The summed E-state index contributed by atoms with van der Waals surface area (Å²) in [6.07, 6.45) is -4.44. The lowest BCUT2D eigenvalue weighted by molar-refractivity contribution is -0.149. The number of carbonyl (C=O) groups is 2. The van der Waals surface area contributed by atoms with Gasteiger partial charge in [0.1, 0.15) is 0 Å².